The lowest BCUT2D eigenvalue weighted by Gasteiger charge is -2.18. The van der Waals surface area contributed by atoms with Gasteiger partial charge in [-0.15, -0.1) is 0 Å². The fourth-order valence-corrected chi connectivity index (χ4v) is 9.25. The second-order valence-electron chi connectivity index (χ2n) is 16.9. The van der Waals surface area contributed by atoms with E-state index >= 15 is 0 Å². The molecule has 300 valence electrons. The van der Waals surface area contributed by atoms with E-state index < -0.39 is 0 Å². The van der Waals surface area contributed by atoms with Gasteiger partial charge >= 0.3 is 0 Å². The van der Waals surface area contributed by atoms with Gasteiger partial charge in [-0.2, -0.15) is 0 Å². The molecule has 2 nitrogen and oxygen atoms in total. The van der Waals surface area contributed by atoms with Crippen LogP contribution >= 0.6 is 0 Å². The van der Waals surface area contributed by atoms with Gasteiger partial charge in [-0.25, -0.2) is 9.97 Å². The third-order valence-electron chi connectivity index (χ3n) is 12.6. The zero-order valence-electron chi connectivity index (χ0n) is 35.6. The lowest BCUT2D eigenvalue weighted by atomic mass is 9.90. The van der Waals surface area contributed by atoms with Crippen molar-refractivity contribution in [1.82, 2.24) is 9.97 Å². The largest absolute Gasteiger partial charge is 0.227 e. The summed E-state index contributed by atoms with van der Waals surface area (Å²) in [6.45, 7) is 4.40. The summed E-state index contributed by atoms with van der Waals surface area (Å²) in [5.74, 6) is 0.726. The first kappa shape index (κ1) is 39.0. The van der Waals surface area contributed by atoms with Gasteiger partial charge in [0.1, 0.15) is 0 Å². The summed E-state index contributed by atoms with van der Waals surface area (Å²) in [6, 6.07) is 70.7. The third-order valence-corrected chi connectivity index (χ3v) is 12.6. The van der Waals surface area contributed by atoms with Crippen LogP contribution in [0.25, 0.3) is 88.5 Å². The molecule has 0 aliphatic rings. The van der Waals surface area contributed by atoms with Gasteiger partial charge in [-0.05, 0) is 141 Å². The van der Waals surface area contributed by atoms with Crippen molar-refractivity contribution in [2.24, 2.45) is 0 Å². The Hall–Kier alpha value is -7.16. The molecule has 1 heterocycles. The maximum atomic E-state index is 5.56. The van der Waals surface area contributed by atoms with Crippen LogP contribution in [0.1, 0.15) is 47.9 Å². The summed E-state index contributed by atoms with van der Waals surface area (Å²) >= 11 is 0. The minimum absolute atomic E-state index is 0.726. The number of rotatable bonds is 12. The molecule has 0 radical (unpaired) electrons. The van der Waals surface area contributed by atoms with Crippen LogP contribution < -0.4 is 0 Å². The molecule has 0 amide bonds. The Labute approximate surface area is 365 Å². The van der Waals surface area contributed by atoms with E-state index in [2.05, 4.69) is 208 Å². The van der Waals surface area contributed by atoms with E-state index in [-0.39, 0.29) is 0 Å². The van der Waals surface area contributed by atoms with Crippen molar-refractivity contribution in [2.75, 3.05) is 0 Å². The Morgan fingerprint density at radius 2 is 0.903 bits per heavy atom. The summed E-state index contributed by atoms with van der Waals surface area (Å²) in [5.41, 5.74) is 16.2. The molecule has 0 unspecified atom stereocenters. The highest BCUT2D eigenvalue weighted by atomic mass is 14.9. The maximum Gasteiger partial charge on any atom is 0.160 e. The molecule has 2 heteroatoms. The van der Waals surface area contributed by atoms with E-state index in [1.54, 1.807) is 0 Å². The Morgan fingerprint density at radius 3 is 1.63 bits per heavy atom. The lowest BCUT2D eigenvalue weighted by Crippen LogP contribution is -2.00. The topological polar surface area (TPSA) is 25.8 Å². The van der Waals surface area contributed by atoms with Gasteiger partial charge in [-0.1, -0.05) is 177 Å². The van der Waals surface area contributed by atoms with Crippen LogP contribution in [0.3, 0.4) is 0 Å². The molecule has 9 aromatic carbocycles. The minimum Gasteiger partial charge on any atom is -0.227 e. The Balaban J connectivity index is 1.07. The second kappa shape index (κ2) is 17.4. The third kappa shape index (κ3) is 8.17. The van der Waals surface area contributed by atoms with Gasteiger partial charge in [0.25, 0.3) is 0 Å². The van der Waals surface area contributed by atoms with Crippen LogP contribution in [0, 0.1) is 13.8 Å². The number of hydrogen-bond acceptors (Lipinski definition) is 2. The molecule has 62 heavy (non-hydrogen) atoms. The van der Waals surface area contributed by atoms with E-state index in [1.165, 1.54) is 86.2 Å². The highest BCUT2D eigenvalue weighted by molar-refractivity contribution is 6.06. The average Bonchev–Trinajstić information content (AvgIpc) is 3.32. The fraction of sp³-hybridized carbons (Fsp3) is 0.133. The summed E-state index contributed by atoms with van der Waals surface area (Å²) in [4.78, 5) is 11.1. The average molecular weight is 799 g/mol. The van der Waals surface area contributed by atoms with Gasteiger partial charge in [0.2, 0.25) is 0 Å². The number of benzene rings is 9. The van der Waals surface area contributed by atoms with Gasteiger partial charge in [0.15, 0.2) is 5.82 Å². The molecule has 0 fully saturated rings. The van der Waals surface area contributed by atoms with Crippen molar-refractivity contribution >= 4 is 32.4 Å². The van der Waals surface area contributed by atoms with Crippen LogP contribution in [0.15, 0.2) is 194 Å². The van der Waals surface area contributed by atoms with E-state index in [0.29, 0.717) is 0 Å². The van der Waals surface area contributed by atoms with Crippen molar-refractivity contribution in [1.29, 1.82) is 0 Å². The zero-order valence-corrected chi connectivity index (χ0v) is 35.6. The standard InChI is InChI=1S/C60H50N2/c1-41-17-14-18-42(2)57(41)59-56-40-54(51-33-31-45-24-10-12-26-48(45)36-51)39-55(52-34-32-46-25-11-13-27-49(46)37-52)58(56)61-60(62-59)53-30-16-29-50(38-53)47-28-15-23-44(35-47)22-7-4-3-6-19-43-20-8-5-9-21-43/h5,8-18,20-21,23-40H,3-4,6-7,19,22H2,1-2H3. The van der Waals surface area contributed by atoms with Crippen molar-refractivity contribution in [3.05, 3.63) is 216 Å². The first-order chi connectivity index (χ1) is 30.5. The number of aromatic nitrogens is 2. The van der Waals surface area contributed by atoms with Gasteiger partial charge in [0.05, 0.1) is 11.2 Å². The first-order valence-corrected chi connectivity index (χ1v) is 22.2. The second-order valence-corrected chi connectivity index (χ2v) is 16.9. The predicted molar refractivity (Wildman–Crippen MR) is 264 cm³/mol. The highest BCUT2D eigenvalue weighted by Gasteiger charge is 2.20. The van der Waals surface area contributed by atoms with Crippen LogP contribution in [-0.2, 0) is 12.8 Å². The summed E-state index contributed by atoms with van der Waals surface area (Å²) < 4.78 is 0. The Kier molecular flexibility index (Phi) is 11.0. The van der Waals surface area contributed by atoms with Gasteiger partial charge in [-0.3, -0.25) is 0 Å². The summed E-state index contributed by atoms with van der Waals surface area (Å²) in [7, 11) is 0. The Morgan fingerprint density at radius 1 is 0.355 bits per heavy atom. The van der Waals surface area contributed by atoms with Gasteiger partial charge in [0, 0.05) is 22.1 Å². The van der Waals surface area contributed by atoms with Crippen molar-refractivity contribution in [3.63, 3.8) is 0 Å². The van der Waals surface area contributed by atoms with E-state index in [1.807, 2.05) is 0 Å². The van der Waals surface area contributed by atoms with Crippen LogP contribution in [0.4, 0.5) is 0 Å². The smallest absolute Gasteiger partial charge is 0.160 e. The monoisotopic (exact) mass is 798 g/mol. The van der Waals surface area contributed by atoms with Crippen LogP contribution in [0.5, 0.6) is 0 Å². The molecule has 10 aromatic rings. The van der Waals surface area contributed by atoms with Gasteiger partial charge < -0.3 is 0 Å². The molecule has 0 aliphatic carbocycles. The van der Waals surface area contributed by atoms with Crippen molar-refractivity contribution in [2.45, 2.75) is 52.4 Å². The molecule has 10 rings (SSSR count). The van der Waals surface area contributed by atoms with E-state index in [4.69, 9.17) is 9.97 Å². The number of hydrogen-bond donors (Lipinski definition) is 0. The normalized spacial score (nSPS) is 11.5. The number of aryl methyl sites for hydroxylation is 4. The van der Waals surface area contributed by atoms with E-state index in [0.717, 1.165) is 63.1 Å². The summed E-state index contributed by atoms with van der Waals surface area (Å²) in [5, 5.41) is 5.92. The summed E-state index contributed by atoms with van der Waals surface area (Å²) in [6.07, 6.45) is 7.21. The molecular formula is C60H50N2. The number of fused-ring (bicyclic) bond motifs is 3. The molecule has 1 aromatic heterocycles. The molecule has 0 spiro atoms. The minimum atomic E-state index is 0.726. The quantitative estimate of drug-likeness (QED) is 0.115. The molecule has 0 aliphatic heterocycles. The predicted octanol–water partition coefficient (Wildman–Crippen LogP) is 16.2. The first-order valence-electron chi connectivity index (χ1n) is 22.2. The number of unbranched alkanes of at least 4 members (excludes halogenated alkanes) is 3. The van der Waals surface area contributed by atoms with Crippen LogP contribution in [-0.4, -0.2) is 9.97 Å². The lowest BCUT2D eigenvalue weighted by molar-refractivity contribution is 0.640. The zero-order chi connectivity index (χ0) is 41.8. The van der Waals surface area contributed by atoms with Crippen LogP contribution in [0.2, 0.25) is 0 Å². The highest BCUT2D eigenvalue weighted by Crippen LogP contribution is 2.41. The molecule has 0 N–H and O–H groups in total. The molecular weight excluding hydrogens is 749 g/mol. The number of nitrogens with zero attached hydrogens (tertiary/aromatic N) is 2. The van der Waals surface area contributed by atoms with E-state index in [9.17, 15) is 0 Å². The Bertz CT molecular complexity index is 3190. The van der Waals surface area contributed by atoms with Crippen molar-refractivity contribution in [3.8, 4) is 56.0 Å². The SMILES string of the molecule is Cc1cccc(C)c1-c1nc(-c2cccc(-c3cccc(CCCCCCc4ccccc4)c3)c2)nc2c(-c3ccc4ccccc4c3)cc(-c3ccc4ccccc4c3)cc12. The molecule has 0 saturated heterocycles. The molecule has 0 saturated carbocycles. The van der Waals surface area contributed by atoms with Crippen molar-refractivity contribution < 1.29 is 0 Å². The maximum absolute atomic E-state index is 5.56. The molecule has 0 bridgehead atoms. The fourth-order valence-electron chi connectivity index (χ4n) is 9.25. The molecule has 0 atom stereocenters.